The van der Waals surface area contributed by atoms with Gasteiger partial charge in [-0.3, -0.25) is 14.6 Å². The first kappa shape index (κ1) is 21.6. The van der Waals surface area contributed by atoms with Crippen LogP contribution in [0.5, 0.6) is 5.75 Å². The third kappa shape index (κ3) is 4.22. The van der Waals surface area contributed by atoms with Gasteiger partial charge in [0, 0.05) is 29.5 Å². The molecule has 0 saturated carbocycles. The van der Waals surface area contributed by atoms with Gasteiger partial charge in [0.05, 0.1) is 18.2 Å². The number of hydrogen-bond donors (Lipinski definition) is 1. The van der Waals surface area contributed by atoms with Crippen molar-refractivity contribution < 1.29 is 19.4 Å². The topological polar surface area (TPSA) is 79.7 Å². The minimum absolute atomic E-state index is 0.0139. The molecular formula is C25H21ClN2O4. The summed E-state index contributed by atoms with van der Waals surface area (Å²) in [5.41, 5.74) is 1.85. The van der Waals surface area contributed by atoms with E-state index >= 15 is 0 Å². The second kappa shape index (κ2) is 9.24. The van der Waals surface area contributed by atoms with E-state index in [0.29, 0.717) is 28.5 Å². The van der Waals surface area contributed by atoms with Gasteiger partial charge in [0.1, 0.15) is 11.5 Å². The Balaban J connectivity index is 1.85. The number of aliphatic hydroxyl groups is 1. The van der Waals surface area contributed by atoms with Crippen LogP contribution in [0.1, 0.15) is 29.7 Å². The van der Waals surface area contributed by atoms with E-state index in [2.05, 4.69) is 4.98 Å². The van der Waals surface area contributed by atoms with Gasteiger partial charge in [-0.25, -0.2) is 0 Å². The van der Waals surface area contributed by atoms with Gasteiger partial charge in [0.2, 0.25) is 0 Å². The molecule has 32 heavy (non-hydrogen) atoms. The zero-order valence-corrected chi connectivity index (χ0v) is 18.1. The third-order valence-electron chi connectivity index (χ3n) is 5.23. The molecule has 0 radical (unpaired) electrons. The predicted octanol–water partition coefficient (Wildman–Crippen LogP) is 4.76. The van der Waals surface area contributed by atoms with Gasteiger partial charge in [-0.05, 0) is 54.4 Å². The van der Waals surface area contributed by atoms with E-state index in [-0.39, 0.29) is 17.9 Å². The smallest absolute Gasteiger partial charge is 0.295 e. The molecule has 2 heterocycles. The lowest BCUT2D eigenvalue weighted by Crippen LogP contribution is -2.29. The Morgan fingerprint density at radius 3 is 2.56 bits per heavy atom. The Morgan fingerprint density at radius 1 is 1.09 bits per heavy atom. The fourth-order valence-corrected chi connectivity index (χ4v) is 4.01. The van der Waals surface area contributed by atoms with Gasteiger partial charge >= 0.3 is 0 Å². The summed E-state index contributed by atoms with van der Waals surface area (Å²) in [4.78, 5) is 31.6. The molecule has 4 rings (SSSR count). The van der Waals surface area contributed by atoms with E-state index in [1.807, 2.05) is 6.92 Å². The standard InChI is InChI=1S/C25H21ClN2O4/c1-2-32-20-8-4-6-18(14-20)23(29)21-22(17-5-3-7-19(26)13-17)28(25(31)24(21)30)15-16-9-11-27-12-10-16/h3-14,22,29H,2,15H2,1H3/b23-21+. The first-order valence-corrected chi connectivity index (χ1v) is 10.5. The molecule has 0 bridgehead atoms. The fraction of sp³-hybridized carbons (Fsp3) is 0.160. The number of ketones is 1. The molecule has 7 heteroatoms. The highest BCUT2D eigenvalue weighted by atomic mass is 35.5. The maximum atomic E-state index is 13.1. The van der Waals surface area contributed by atoms with Crippen LogP contribution in [0, 0.1) is 0 Å². The molecular weight excluding hydrogens is 428 g/mol. The number of likely N-dealkylation sites (tertiary alicyclic amines) is 1. The molecule has 1 fully saturated rings. The summed E-state index contributed by atoms with van der Waals surface area (Å²) in [6.07, 6.45) is 3.25. The van der Waals surface area contributed by atoms with Gasteiger partial charge in [-0.1, -0.05) is 35.9 Å². The summed E-state index contributed by atoms with van der Waals surface area (Å²) >= 11 is 6.21. The van der Waals surface area contributed by atoms with Crippen LogP contribution in [-0.4, -0.2) is 33.3 Å². The number of hydrogen-bond acceptors (Lipinski definition) is 5. The summed E-state index contributed by atoms with van der Waals surface area (Å²) < 4.78 is 5.52. The number of Topliss-reactive ketones (excluding diaryl/α,β-unsaturated/α-hetero) is 1. The van der Waals surface area contributed by atoms with Gasteiger partial charge < -0.3 is 14.7 Å². The first-order valence-electron chi connectivity index (χ1n) is 10.2. The Morgan fingerprint density at radius 2 is 1.84 bits per heavy atom. The Labute approximate surface area is 190 Å². The molecule has 1 aliphatic heterocycles. The van der Waals surface area contributed by atoms with E-state index in [0.717, 1.165) is 5.56 Å². The maximum absolute atomic E-state index is 13.1. The first-order chi connectivity index (χ1) is 15.5. The summed E-state index contributed by atoms with van der Waals surface area (Å²) in [6, 6.07) is 16.5. The van der Waals surface area contributed by atoms with Gasteiger partial charge in [0.15, 0.2) is 0 Å². The summed E-state index contributed by atoms with van der Waals surface area (Å²) in [5.74, 6) is -1.13. The van der Waals surface area contributed by atoms with Crippen molar-refractivity contribution in [2.45, 2.75) is 19.5 Å². The molecule has 1 amide bonds. The van der Waals surface area contributed by atoms with Crippen molar-refractivity contribution in [1.82, 2.24) is 9.88 Å². The van der Waals surface area contributed by atoms with E-state index in [9.17, 15) is 14.7 Å². The molecule has 1 aliphatic rings. The van der Waals surface area contributed by atoms with Gasteiger partial charge in [-0.2, -0.15) is 0 Å². The summed E-state index contributed by atoms with van der Waals surface area (Å²) in [5, 5.41) is 11.6. The third-order valence-corrected chi connectivity index (χ3v) is 5.46. The number of aromatic nitrogens is 1. The minimum Gasteiger partial charge on any atom is -0.507 e. The van der Waals surface area contributed by atoms with E-state index in [1.54, 1.807) is 73.1 Å². The van der Waals surface area contributed by atoms with Crippen LogP contribution in [0.3, 0.4) is 0 Å². The molecule has 0 aliphatic carbocycles. The average molecular weight is 449 g/mol. The molecule has 1 atom stereocenters. The number of carbonyl (C=O) groups is 2. The molecule has 1 unspecified atom stereocenters. The number of ether oxygens (including phenoxy) is 1. The number of aliphatic hydroxyl groups excluding tert-OH is 1. The van der Waals surface area contributed by atoms with Crippen LogP contribution >= 0.6 is 11.6 Å². The number of rotatable bonds is 6. The normalized spacial score (nSPS) is 17.6. The fourth-order valence-electron chi connectivity index (χ4n) is 3.81. The van der Waals surface area contributed by atoms with E-state index < -0.39 is 17.7 Å². The van der Waals surface area contributed by atoms with E-state index in [1.165, 1.54) is 4.90 Å². The van der Waals surface area contributed by atoms with Crippen molar-refractivity contribution in [3.8, 4) is 5.75 Å². The largest absolute Gasteiger partial charge is 0.507 e. The second-order valence-electron chi connectivity index (χ2n) is 7.30. The highest BCUT2D eigenvalue weighted by molar-refractivity contribution is 6.46. The Kier molecular flexibility index (Phi) is 6.23. The number of amides is 1. The van der Waals surface area contributed by atoms with Crippen molar-refractivity contribution >= 4 is 29.1 Å². The van der Waals surface area contributed by atoms with Gasteiger partial charge in [-0.15, -0.1) is 0 Å². The lowest BCUT2D eigenvalue weighted by Gasteiger charge is -2.25. The molecule has 1 saturated heterocycles. The maximum Gasteiger partial charge on any atom is 0.295 e. The lowest BCUT2D eigenvalue weighted by molar-refractivity contribution is -0.140. The molecule has 3 aromatic rings. The number of halogens is 1. The zero-order chi connectivity index (χ0) is 22.7. The molecule has 1 N–H and O–H groups in total. The van der Waals surface area contributed by atoms with Crippen molar-refractivity contribution in [2.75, 3.05) is 6.61 Å². The van der Waals surface area contributed by atoms with Crippen molar-refractivity contribution in [2.24, 2.45) is 0 Å². The highest BCUT2D eigenvalue weighted by Gasteiger charge is 2.46. The number of nitrogens with zero attached hydrogens (tertiary/aromatic N) is 2. The van der Waals surface area contributed by atoms with Crippen LogP contribution < -0.4 is 4.74 Å². The quantitative estimate of drug-likeness (QED) is 0.334. The number of carbonyl (C=O) groups excluding carboxylic acids is 2. The Bertz CT molecular complexity index is 1190. The van der Waals surface area contributed by atoms with E-state index in [4.69, 9.17) is 16.3 Å². The monoisotopic (exact) mass is 448 g/mol. The molecule has 1 aromatic heterocycles. The Hall–Kier alpha value is -3.64. The van der Waals surface area contributed by atoms with Crippen LogP contribution in [0.4, 0.5) is 0 Å². The molecule has 162 valence electrons. The zero-order valence-electron chi connectivity index (χ0n) is 17.4. The second-order valence-corrected chi connectivity index (χ2v) is 7.73. The summed E-state index contributed by atoms with van der Waals surface area (Å²) in [6.45, 7) is 2.50. The van der Waals surface area contributed by atoms with Crippen molar-refractivity contribution in [1.29, 1.82) is 0 Å². The summed E-state index contributed by atoms with van der Waals surface area (Å²) in [7, 11) is 0. The van der Waals surface area contributed by atoms with Crippen molar-refractivity contribution in [3.63, 3.8) is 0 Å². The highest BCUT2D eigenvalue weighted by Crippen LogP contribution is 2.41. The van der Waals surface area contributed by atoms with Crippen LogP contribution in [0.15, 0.2) is 78.6 Å². The predicted molar refractivity (Wildman–Crippen MR) is 121 cm³/mol. The van der Waals surface area contributed by atoms with Crippen molar-refractivity contribution in [3.05, 3.63) is 100 Å². The van der Waals surface area contributed by atoms with Gasteiger partial charge in [0.25, 0.3) is 11.7 Å². The SMILES string of the molecule is CCOc1cccc(/C(O)=C2\C(=O)C(=O)N(Cc3ccncc3)C2c2cccc(Cl)c2)c1. The average Bonchev–Trinajstić information content (AvgIpc) is 3.05. The van der Waals surface area contributed by atoms with Crippen LogP contribution in [0.25, 0.3) is 5.76 Å². The molecule has 2 aromatic carbocycles. The van der Waals surface area contributed by atoms with Crippen LogP contribution in [-0.2, 0) is 16.1 Å². The number of benzene rings is 2. The minimum atomic E-state index is -0.794. The van der Waals surface area contributed by atoms with Crippen LogP contribution in [0.2, 0.25) is 5.02 Å². The number of pyridine rings is 1. The molecule has 6 nitrogen and oxygen atoms in total. The molecule has 0 spiro atoms. The lowest BCUT2D eigenvalue weighted by atomic mass is 9.95.